The van der Waals surface area contributed by atoms with Gasteiger partial charge in [0.2, 0.25) is 0 Å². The molecule has 0 nitrogen and oxygen atoms in total. The molecule has 0 aliphatic rings. The second-order valence-electron chi connectivity index (χ2n) is 23.3. The fourth-order valence-corrected chi connectivity index (χ4v) is 12.5. The average molecular weight is 803 g/mol. The summed E-state index contributed by atoms with van der Waals surface area (Å²) in [4.78, 5) is 2.86. The van der Waals surface area contributed by atoms with E-state index in [4.69, 9.17) is 0 Å². The Hall–Kier alpha value is -3.56. The first-order valence-electron chi connectivity index (χ1n) is 21.5. The first-order chi connectivity index (χ1) is 26.6. The van der Waals surface area contributed by atoms with Gasteiger partial charge in [-0.2, -0.15) is 0 Å². The van der Waals surface area contributed by atoms with Gasteiger partial charge in [-0.1, -0.05) is 214 Å². The molecule has 0 fully saturated rings. The topological polar surface area (TPSA) is 0 Å². The Morgan fingerprint density at radius 1 is 0.276 bits per heavy atom. The highest BCUT2D eigenvalue weighted by molar-refractivity contribution is 7.40. The molecule has 58 heavy (non-hydrogen) atoms. The van der Waals surface area contributed by atoms with E-state index in [9.17, 15) is 0 Å². The van der Waals surface area contributed by atoms with Crippen LogP contribution in [0.1, 0.15) is 158 Å². The summed E-state index contributed by atoms with van der Waals surface area (Å²) in [5.74, 6) is 0. The minimum absolute atomic E-state index is 0.00613. The van der Waals surface area contributed by atoms with Crippen molar-refractivity contribution in [2.45, 2.75) is 157 Å². The standard InChI is InChI=1S/C56H68P2/c1-51(2,3)33-27-43(53(7,8)9)49(44(28-33)54(10,11)12)57-47-37-25-21-19-23-35(37)39-32-42-40(31-41(39)47)36-24-20-22-26-38(36)48(42)58-50-45(55(13,14)15)29-34(52(4,5)6)30-46(50)56(16,17)18/h19-32H,1-18H3. The fourth-order valence-electron chi connectivity index (χ4n) is 8.70. The number of hydrogen-bond donors (Lipinski definition) is 0. The minimum Gasteiger partial charge on any atom is -0.0616 e. The van der Waals surface area contributed by atoms with Gasteiger partial charge in [0.05, 0.1) is 0 Å². The van der Waals surface area contributed by atoms with Crippen molar-refractivity contribution in [3.63, 3.8) is 0 Å². The van der Waals surface area contributed by atoms with Crippen molar-refractivity contribution >= 4 is 70.1 Å². The van der Waals surface area contributed by atoms with Gasteiger partial charge >= 0.3 is 0 Å². The molecular weight excluding hydrogens is 735 g/mol. The number of hydrogen-bond acceptors (Lipinski definition) is 0. The molecule has 0 N–H and O–H groups in total. The van der Waals surface area contributed by atoms with Crippen LogP contribution in [0.15, 0.2) is 84.9 Å². The van der Waals surface area contributed by atoms with Crippen molar-refractivity contribution in [1.29, 1.82) is 0 Å². The lowest BCUT2D eigenvalue weighted by molar-refractivity contribution is 0.553. The third kappa shape index (κ3) is 7.68. The van der Waals surface area contributed by atoms with Gasteiger partial charge in [-0.15, -0.1) is 0 Å². The number of fused-ring (bicyclic) bond motifs is 6. The average Bonchev–Trinajstić information content (AvgIpc) is 3.56. The second kappa shape index (κ2) is 14.0. The highest BCUT2D eigenvalue weighted by Crippen LogP contribution is 2.44. The van der Waals surface area contributed by atoms with Crippen LogP contribution in [0.4, 0.5) is 0 Å². The van der Waals surface area contributed by atoms with Crippen LogP contribution in [0.25, 0.3) is 43.1 Å². The summed E-state index contributed by atoms with van der Waals surface area (Å²) >= 11 is 0. The van der Waals surface area contributed by atoms with Gasteiger partial charge in [0, 0.05) is 20.5 Å². The summed E-state index contributed by atoms with van der Waals surface area (Å²) in [6.07, 6.45) is 0. The third-order valence-corrected chi connectivity index (χ3v) is 15.1. The Labute approximate surface area is 353 Å². The molecule has 0 aromatic heterocycles. The van der Waals surface area contributed by atoms with E-state index in [1.807, 2.05) is 0 Å². The SMILES string of the molecule is CC(C)(C)c1cc(C(C)(C)C)c(P=c2c3ccccc3c3cc4c(=Pc5c(C(C)(C)C)cc(C(C)(C)C)cc5C(C)(C)C)c5ccccc5c4cc23)c(C(C)(C)C)c1. The molecular formula is C56H68P2. The van der Waals surface area contributed by atoms with Gasteiger partial charge in [-0.05, 0) is 121 Å². The largest absolute Gasteiger partial charge is 0.0616 e. The Kier molecular flexibility index (Phi) is 10.3. The van der Waals surface area contributed by atoms with E-state index in [-0.39, 0.29) is 32.5 Å². The summed E-state index contributed by atoms with van der Waals surface area (Å²) in [6.45, 7) is 42.9. The van der Waals surface area contributed by atoms with Crippen molar-refractivity contribution in [1.82, 2.24) is 0 Å². The highest BCUT2D eigenvalue weighted by atomic mass is 31.1. The monoisotopic (exact) mass is 802 g/mol. The molecule has 0 spiro atoms. The molecule has 0 radical (unpaired) electrons. The van der Waals surface area contributed by atoms with Gasteiger partial charge in [0.15, 0.2) is 0 Å². The van der Waals surface area contributed by atoms with E-state index in [0.717, 1.165) is 0 Å². The van der Waals surface area contributed by atoms with Crippen molar-refractivity contribution in [3.8, 4) is 0 Å². The molecule has 2 heteroatoms. The molecule has 0 saturated carbocycles. The lowest BCUT2D eigenvalue weighted by Crippen LogP contribution is -2.29. The molecule has 0 saturated heterocycles. The molecule has 0 bridgehead atoms. The van der Waals surface area contributed by atoms with Crippen LogP contribution in [0.3, 0.4) is 0 Å². The molecule has 0 unspecified atom stereocenters. The molecule has 7 aromatic carbocycles. The van der Waals surface area contributed by atoms with Gasteiger partial charge in [-0.3, -0.25) is 0 Å². The van der Waals surface area contributed by atoms with Crippen molar-refractivity contribution < 1.29 is 0 Å². The Bertz CT molecular complexity index is 2590. The maximum atomic E-state index is 2.57. The van der Waals surface area contributed by atoms with Gasteiger partial charge in [-0.25, -0.2) is 0 Å². The molecule has 0 aliphatic heterocycles. The first-order valence-corrected chi connectivity index (χ1v) is 23.3. The normalized spacial score (nSPS) is 14.6. The molecule has 0 atom stereocenters. The van der Waals surface area contributed by atoms with E-state index < -0.39 is 0 Å². The summed E-state index contributed by atoms with van der Waals surface area (Å²) in [5, 5.41) is 13.9. The van der Waals surface area contributed by atoms with E-state index in [1.165, 1.54) is 113 Å². The van der Waals surface area contributed by atoms with Crippen molar-refractivity contribution in [3.05, 3.63) is 128 Å². The second-order valence-corrected chi connectivity index (χ2v) is 25.5. The van der Waals surface area contributed by atoms with Crippen LogP contribution in [0.5, 0.6) is 0 Å². The van der Waals surface area contributed by atoms with Gasteiger partial charge in [0.25, 0.3) is 0 Å². The Morgan fingerprint density at radius 2 is 0.534 bits per heavy atom. The first kappa shape index (κ1) is 42.6. The lowest BCUT2D eigenvalue weighted by Gasteiger charge is -2.32. The third-order valence-electron chi connectivity index (χ3n) is 12.2. The van der Waals surface area contributed by atoms with Gasteiger partial charge in [0.1, 0.15) is 0 Å². The molecule has 302 valence electrons. The van der Waals surface area contributed by atoms with Crippen LogP contribution >= 0.6 is 16.4 Å². The van der Waals surface area contributed by atoms with Crippen molar-refractivity contribution in [2.75, 3.05) is 0 Å². The van der Waals surface area contributed by atoms with Crippen molar-refractivity contribution in [2.24, 2.45) is 0 Å². The number of benzene rings is 5. The van der Waals surface area contributed by atoms with Gasteiger partial charge < -0.3 is 0 Å². The summed E-state index contributed by atoms with van der Waals surface area (Å²) in [7, 11) is 2.56. The summed E-state index contributed by atoms with van der Waals surface area (Å²) in [5.41, 5.74) is 8.81. The van der Waals surface area contributed by atoms with Crippen LogP contribution in [0, 0.1) is 9.88 Å². The predicted molar refractivity (Wildman–Crippen MR) is 264 cm³/mol. The van der Waals surface area contributed by atoms with Crippen LogP contribution in [-0.2, 0) is 32.5 Å². The Balaban J connectivity index is 1.67. The summed E-state index contributed by atoms with van der Waals surface area (Å²) < 4.78 is 0. The molecule has 0 amide bonds. The van der Waals surface area contributed by atoms with Crippen LogP contribution in [-0.4, -0.2) is 0 Å². The quantitative estimate of drug-likeness (QED) is 0.153. The zero-order valence-electron chi connectivity index (χ0n) is 39.0. The zero-order chi connectivity index (χ0) is 42.7. The molecule has 7 rings (SSSR count). The zero-order valence-corrected chi connectivity index (χ0v) is 40.8. The molecule has 0 aliphatic carbocycles. The summed E-state index contributed by atoms with van der Waals surface area (Å²) in [6, 6.07) is 33.7. The maximum absolute atomic E-state index is 2.57. The van der Waals surface area contributed by atoms with E-state index in [0.29, 0.717) is 0 Å². The maximum Gasteiger partial charge on any atom is 0.0181 e. The van der Waals surface area contributed by atoms with Crippen LogP contribution < -0.4 is 10.6 Å². The highest BCUT2D eigenvalue weighted by Gasteiger charge is 2.31. The molecule has 0 heterocycles. The van der Waals surface area contributed by atoms with Crippen LogP contribution in [0.2, 0.25) is 0 Å². The fraction of sp³-hybridized carbons (Fsp3) is 0.429. The van der Waals surface area contributed by atoms with E-state index in [1.54, 1.807) is 0 Å². The van der Waals surface area contributed by atoms with E-state index >= 15 is 0 Å². The lowest BCUT2D eigenvalue weighted by atomic mass is 9.75. The number of rotatable bonds is 2. The Morgan fingerprint density at radius 3 is 0.776 bits per heavy atom. The minimum atomic E-state index is -0.00613. The predicted octanol–water partition coefficient (Wildman–Crippen LogP) is 16.6. The smallest absolute Gasteiger partial charge is 0.0181 e. The molecule has 7 aromatic rings. The van der Waals surface area contributed by atoms with E-state index in [2.05, 4.69) is 210 Å².